The predicted molar refractivity (Wildman–Crippen MR) is 120 cm³/mol. The average molecular weight is 465 g/mol. The third kappa shape index (κ3) is 5.01. The van der Waals surface area contributed by atoms with Crippen molar-refractivity contribution in [2.24, 2.45) is 7.05 Å². The zero-order valence-corrected chi connectivity index (χ0v) is 19.1. The second-order valence-electron chi connectivity index (χ2n) is 6.52. The lowest BCUT2D eigenvalue weighted by molar-refractivity contribution is 0.262. The molecule has 1 aromatic carbocycles. The Bertz CT molecular complexity index is 1240. The first-order chi connectivity index (χ1) is 14.0. The van der Waals surface area contributed by atoms with Gasteiger partial charge < -0.3 is 9.88 Å². The monoisotopic (exact) mass is 464 g/mol. The number of nitrogens with zero attached hydrogens (tertiary/aromatic N) is 3. The summed E-state index contributed by atoms with van der Waals surface area (Å²) in [4.78, 5) is 20.4. The van der Waals surface area contributed by atoms with Gasteiger partial charge in [-0.25, -0.2) is 27.9 Å². The highest BCUT2D eigenvalue weighted by atomic mass is 32.2. The van der Waals surface area contributed by atoms with Crippen LogP contribution in [0.4, 0.5) is 21.4 Å². The van der Waals surface area contributed by atoms with Gasteiger partial charge in [0.15, 0.2) is 3.95 Å². The van der Waals surface area contributed by atoms with Crippen LogP contribution in [0.15, 0.2) is 35.2 Å². The van der Waals surface area contributed by atoms with Gasteiger partial charge >= 0.3 is 6.03 Å². The molecule has 2 amide bonds. The van der Waals surface area contributed by atoms with E-state index in [4.69, 9.17) is 12.2 Å². The summed E-state index contributed by atoms with van der Waals surface area (Å²) in [5.41, 5.74) is 2.60. The van der Waals surface area contributed by atoms with Gasteiger partial charge in [0.2, 0.25) is 5.95 Å². The lowest BCUT2D eigenvalue weighted by atomic mass is 10.3. The highest BCUT2D eigenvalue weighted by Gasteiger charge is 2.16. The predicted octanol–water partition coefficient (Wildman–Crippen LogP) is 3.98. The van der Waals surface area contributed by atoms with E-state index in [1.54, 1.807) is 19.9 Å². The number of sulfonamides is 1. The molecule has 158 valence electrons. The van der Waals surface area contributed by atoms with E-state index in [-0.39, 0.29) is 10.8 Å². The first-order valence-corrected chi connectivity index (χ1v) is 11.5. The van der Waals surface area contributed by atoms with Crippen LogP contribution in [-0.4, -0.2) is 29.0 Å². The van der Waals surface area contributed by atoms with E-state index in [2.05, 4.69) is 25.3 Å². The minimum absolute atomic E-state index is 0.00895. The summed E-state index contributed by atoms with van der Waals surface area (Å²) in [7, 11) is -2.04. The number of benzene rings is 1. The molecule has 3 rings (SSSR count). The molecule has 0 aliphatic heterocycles. The molecule has 0 saturated carbocycles. The van der Waals surface area contributed by atoms with Crippen molar-refractivity contribution in [2.45, 2.75) is 25.7 Å². The number of thiazole rings is 1. The van der Waals surface area contributed by atoms with Gasteiger partial charge in [-0.15, -0.1) is 0 Å². The molecular weight excluding hydrogens is 444 g/mol. The Morgan fingerprint density at radius 1 is 1.07 bits per heavy atom. The second-order valence-corrected chi connectivity index (χ2v) is 9.85. The van der Waals surface area contributed by atoms with Gasteiger partial charge in [-0.05, 0) is 63.3 Å². The largest absolute Gasteiger partial charge is 0.328 e. The molecule has 2 aromatic heterocycles. The number of amides is 2. The molecule has 0 saturated heterocycles. The van der Waals surface area contributed by atoms with Crippen LogP contribution < -0.4 is 15.4 Å². The summed E-state index contributed by atoms with van der Waals surface area (Å²) >= 11 is 6.49. The zero-order valence-electron chi connectivity index (χ0n) is 16.7. The molecule has 0 spiro atoms. The topological polar surface area (TPSA) is 118 Å². The Morgan fingerprint density at radius 3 is 2.20 bits per heavy atom. The van der Waals surface area contributed by atoms with Gasteiger partial charge in [0.05, 0.1) is 10.6 Å². The molecule has 30 heavy (non-hydrogen) atoms. The smallest absolute Gasteiger partial charge is 0.324 e. The molecule has 3 aromatic rings. The third-order valence-electron chi connectivity index (χ3n) is 4.15. The van der Waals surface area contributed by atoms with Crippen molar-refractivity contribution in [3.8, 4) is 0 Å². The zero-order chi connectivity index (χ0) is 22.1. The summed E-state index contributed by atoms with van der Waals surface area (Å²) in [6.45, 7) is 5.37. The fourth-order valence-corrected chi connectivity index (χ4v) is 4.78. The van der Waals surface area contributed by atoms with Gasteiger partial charge in [0.25, 0.3) is 10.0 Å². The number of aryl methyl sites for hydroxylation is 2. The Morgan fingerprint density at radius 2 is 1.67 bits per heavy atom. The molecule has 2 heterocycles. The minimum atomic E-state index is -3.86. The van der Waals surface area contributed by atoms with Crippen LogP contribution >= 0.6 is 23.6 Å². The maximum atomic E-state index is 12.6. The number of rotatable bonds is 5. The fourth-order valence-electron chi connectivity index (χ4n) is 2.57. The SMILES string of the molecule is Cc1cc(C)nc(NS(=O)(=O)c2ccc(NC(=O)Nc3sc(=S)n(C)c3C)cc2)n1. The normalized spacial score (nSPS) is 11.2. The minimum Gasteiger partial charge on any atom is -0.328 e. The Kier molecular flexibility index (Phi) is 6.19. The molecule has 0 unspecified atom stereocenters. The molecule has 3 N–H and O–H groups in total. The van der Waals surface area contributed by atoms with Gasteiger partial charge in [-0.2, -0.15) is 0 Å². The number of anilines is 3. The standard InChI is InChI=1S/C18H20N6O3S3/c1-10-9-11(2)20-16(19-10)23-30(26,27)14-7-5-13(6-8-14)21-17(25)22-15-12(3)24(4)18(28)29-15/h5-9H,1-4H3,(H,19,20,23)(H2,21,22,25). The molecule has 9 nitrogen and oxygen atoms in total. The Labute approximate surface area is 183 Å². The molecular formula is C18H20N6O3S3. The maximum Gasteiger partial charge on any atom is 0.324 e. The van der Waals surface area contributed by atoms with Crippen LogP contribution in [0, 0.1) is 24.7 Å². The van der Waals surface area contributed by atoms with Crippen LogP contribution in [0.25, 0.3) is 0 Å². The van der Waals surface area contributed by atoms with Gasteiger partial charge in [0.1, 0.15) is 5.00 Å². The summed E-state index contributed by atoms with van der Waals surface area (Å²) in [6, 6.07) is 7.06. The van der Waals surface area contributed by atoms with E-state index in [9.17, 15) is 13.2 Å². The van der Waals surface area contributed by atoms with Crippen LogP contribution in [0.2, 0.25) is 0 Å². The number of hydrogen-bond donors (Lipinski definition) is 3. The number of nitrogens with one attached hydrogen (secondary N) is 3. The number of aromatic nitrogens is 3. The molecule has 0 aliphatic rings. The quantitative estimate of drug-likeness (QED) is 0.492. The molecule has 0 bridgehead atoms. The number of hydrogen-bond acceptors (Lipinski definition) is 7. The van der Waals surface area contributed by atoms with E-state index in [1.807, 2.05) is 18.5 Å². The number of carbonyl (C=O) groups is 1. The van der Waals surface area contributed by atoms with Crippen molar-refractivity contribution in [3.63, 3.8) is 0 Å². The number of urea groups is 1. The van der Waals surface area contributed by atoms with Gasteiger partial charge in [0, 0.05) is 24.1 Å². The molecule has 12 heteroatoms. The highest BCUT2D eigenvalue weighted by molar-refractivity contribution is 7.92. The molecule has 0 fully saturated rings. The third-order valence-corrected chi connectivity index (χ3v) is 7.07. The second kappa shape index (κ2) is 8.50. The average Bonchev–Trinajstić information content (AvgIpc) is 2.87. The van der Waals surface area contributed by atoms with Crippen molar-refractivity contribution in [1.29, 1.82) is 0 Å². The lowest BCUT2D eigenvalue weighted by Gasteiger charge is -2.10. The molecule has 0 aliphatic carbocycles. The van der Waals surface area contributed by atoms with Crippen LogP contribution in [0.5, 0.6) is 0 Å². The van der Waals surface area contributed by atoms with E-state index < -0.39 is 16.1 Å². The van der Waals surface area contributed by atoms with Crippen molar-refractivity contribution in [1.82, 2.24) is 14.5 Å². The summed E-state index contributed by atoms with van der Waals surface area (Å²) < 4.78 is 30.0. The van der Waals surface area contributed by atoms with Crippen molar-refractivity contribution >= 4 is 56.2 Å². The van der Waals surface area contributed by atoms with Crippen molar-refractivity contribution < 1.29 is 13.2 Å². The van der Waals surface area contributed by atoms with E-state index in [0.29, 0.717) is 26.0 Å². The maximum absolute atomic E-state index is 12.6. The van der Waals surface area contributed by atoms with Crippen LogP contribution in [0.3, 0.4) is 0 Å². The van der Waals surface area contributed by atoms with E-state index >= 15 is 0 Å². The summed E-state index contributed by atoms with van der Waals surface area (Å²) in [5.74, 6) is 0.00895. The van der Waals surface area contributed by atoms with Crippen LogP contribution in [-0.2, 0) is 17.1 Å². The van der Waals surface area contributed by atoms with Gasteiger partial charge in [-0.1, -0.05) is 11.3 Å². The highest BCUT2D eigenvalue weighted by Crippen LogP contribution is 2.24. The number of carbonyl (C=O) groups excluding carboxylic acids is 1. The van der Waals surface area contributed by atoms with Crippen molar-refractivity contribution in [3.05, 3.63) is 51.4 Å². The Balaban J connectivity index is 1.69. The summed E-state index contributed by atoms with van der Waals surface area (Å²) in [6.07, 6.45) is 0. The van der Waals surface area contributed by atoms with E-state index in [0.717, 1.165) is 5.69 Å². The first-order valence-electron chi connectivity index (χ1n) is 8.75. The van der Waals surface area contributed by atoms with Crippen molar-refractivity contribution in [2.75, 3.05) is 15.4 Å². The Hall–Kier alpha value is -2.83. The van der Waals surface area contributed by atoms with Crippen LogP contribution in [0.1, 0.15) is 17.1 Å². The summed E-state index contributed by atoms with van der Waals surface area (Å²) in [5, 5.41) is 6.06. The fraction of sp³-hybridized carbons (Fsp3) is 0.222. The van der Waals surface area contributed by atoms with E-state index in [1.165, 1.54) is 35.6 Å². The first kappa shape index (κ1) is 21.9. The molecule has 0 radical (unpaired) electrons. The van der Waals surface area contributed by atoms with Gasteiger partial charge in [-0.3, -0.25) is 5.32 Å². The lowest BCUT2D eigenvalue weighted by Crippen LogP contribution is -2.19. The molecule has 0 atom stereocenters.